The van der Waals surface area contributed by atoms with Crippen LogP contribution in [0.15, 0.2) is 55.0 Å². The zero-order chi connectivity index (χ0) is 21.3. The zero-order valence-corrected chi connectivity index (χ0v) is 17.6. The van der Waals surface area contributed by atoms with E-state index in [2.05, 4.69) is 20.3 Å². The predicted octanol–water partition coefficient (Wildman–Crippen LogP) is 3.26. The Balaban J connectivity index is 1.29. The summed E-state index contributed by atoms with van der Waals surface area (Å²) in [5.41, 5.74) is 5.78. The van der Waals surface area contributed by atoms with Gasteiger partial charge in [-0.3, -0.25) is 9.78 Å². The van der Waals surface area contributed by atoms with Crippen LogP contribution in [0.1, 0.15) is 36.0 Å². The highest BCUT2D eigenvalue weighted by Gasteiger charge is 2.46. The van der Waals surface area contributed by atoms with Crippen LogP contribution in [0.5, 0.6) is 0 Å². The lowest BCUT2D eigenvalue weighted by atomic mass is 9.94. The molecule has 2 aliphatic rings. The standard InChI is InChI=1S/C24H27N5O2/c30-23(20-4-3-18-5-12-26-22(18)17-20)27-29(15-1-2-16-29)24(31)19-8-13-28(14-9-19)21-6-10-25-11-7-21/h3-7,10-12,17,19H,1-2,8-9,13-16H2,(H-,26,27,30)/p+1. The summed E-state index contributed by atoms with van der Waals surface area (Å²) in [5.74, 6) is -0.0375. The van der Waals surface area contributed by atoms with Crippen molar-refractivity contribution in [1.29, 1.82) is 0 Å². The van der Waals surface area contributed by atoms with Gasteiger partial charge < -0.3 is 9.88 Å². The molecule has 7 nitrogen and oxygen atoms in total. The summed E-state index contributed by atoms with van der Waals surface area (Å²) in [6.45, 7) is 3.05. The molecule has 7 heteroatoms. The Morgan fingerprint density at radius 2 is 1.77 bits per heavy atom. The molecule has 2 N–H and O–H groups in total. The van der Waals surface area contributed by atoms with Crippen LogP contribution in [0.25, 0.3) is 10.9 Å². The number of hydrogen-bond donors (Lipinski definition) is 2. The van der Waals surface area contributed by atoms with E-state index in [-0.39, 0.29) is 22.3 Å². The van der Waals surface area contributed by atoms with Gasteiger partial charge in [0.1, 0.15) is 13.1 Å². The van der Waals surface area contributed by atoms with E-state index in [1.165, 1.54) is 0 Å². The molecule has 0 saturated carbocycles. The molecule has 0 aliphatic carbocycles. The number of nitrogens with zero attached hydrogens (tertiary/aromatic N) is 3. The normalized spacial score (nSPS) is 18.9. The van der Waals surface area contributed by atoms with E-state index in [1.807, 2.05) is 42.6 Å². The van der Waals surface area contributed by atoms with E-state index in [0.29, 0.717) is 18.7 Å². The van der Waals surface area contributed by atoms with Crippen molar-refractivity contribution in [3.8, 4) is 0 Å². The molecule has 5 rings (SSSR count). The van der Waals surface area contributed by atoms with E-state index in [0.717, 1.165) is 55.4 Å². The number of fused-ring (bicyclic) bond motifs is 1. The molecule has 2 saturated heterocycles. The van der Waals surface area contributed by atoms with Gasteiger partial charge in [0.2, 0.25) is 0 Å². The van der Waals surface area contributed by atoms with Crippen LogP contribution >= 0.6 is 0 Å². The number of likely N-dealkylation sites (tertiary alicyclic amines) is 1. The Hall–Kier alpha value is -3.19. The maximum absolute atomic E-state index is 13.6. The summed E-state index contributed by atoms with van der Waals surface area (Å²) in [6, 6.07) is 11.6. The molecule has 4 heterocycles. The molecular weight excluding hydrogens is 390 g/mol. The number of amides is 2. The zero-order valence-electron chi connectivity index (χ0n) is 17.6. The number of nitrogens with one attached hydrogen (secondary N) is 2. The molecule has 2 aliphatic heterocycles. The fourth-order valence-corrected chi connectivity index (χ4v) is 5.00. The fourth-order valence-electron chi connectivity index (χ4n) is 5.00. The van der Waals surface area contributed by atoms with Crippen LogP contribution in [-0.4, -0.2) is 52.6 Å². The number of aromatic nitrogens is 2. The summed E-state index contributed by atoms with van der Waals surface area (Å²) in [5, 5.41) is 1.07. The predicted molar refractivity (Wildman–Crippen MR) is 119 cm³/mol. The van der Waals surface area contributed by atoms with E-state index in [4.69, 9.17) is 0 Å². The number of piperidine rings is 1. The van der Waals surface area contributed by atoms with Gasteiger partial charge in [0, 0.05) is 61.3 Å². The molecule has 0 unspecified atom stereocenters. The van der Waals surface area contributed by atoms with E-state index >= 15 is 0 Å². The summed E-state index contributed by atoms with van der Waals surface area (Å²) < 4.78 is 0.0848. The van der Waals surface area contributed by atoms with Crippen molar-refractivity contribution in [2.24, 2.45) is 5.92 Å². The molecule has 0 spiro atoms. The van der Waals surface area contributed by atoms with Gasteiger partial charge in [-0.2, -0.15) is 10.0 Å². The fraction of sp³-hybridized carbons (Fsp3) is 0.375. The lowest BCUT2D eigenvalue weighted by molar-refractivity contribution is -0.878. The molecule has 2 fully saturated rings. The Kier molecular flexibility index (Phi) is 5.19. The number of pyridine rings is 1. The number of rotatable bonds is 3. The van der Waals surface area contributed by atoms with Crippen LogP contribution < -0.4 is 10.3 Å². The monoisotopic (exact) mass is 418 g/mol. The molecule has 0 atom stereocenters. The Morgan fingerprint density at radius 1 is 1.03 bits per heavy atom. The molecule has 2 amide bonds. The van der Waals surface area contributed by atoms with Crippen molar-refractivity contribution in [2.45, 2.75) is 25.7 Å². The highest BCUT2D eigenvalue weighted by atomic mass is 16.2. The summed E-state index contributed by atoms with van der Waals surface area (Å²) in [6.07, 6.45) is 9.00. The Bertz CT molecular complexity index is 1080. The highest BCUT2D eigenvalue weighted by Crippen LogP contribution is 2.29. The Labute approximate surface area is 181 Å². The van der Waals surface area contributed by atoms with Gasteiger partial charge in [0.25, 0.3) is 5.91 Å². The second-order valence-electron chi connectivity index (χ2n) is 8.65. The molecular formula is C24H28N5O2+. The van der Waals surface area contributed by atoms with Gasteiger partial charge in [0.15, 0.2) is 0 Å². The third-order valence-corrected chi connectivity index (χ3v) is 6.76. The number of carbonyl (C=O) groups is 2. The van der Waals surface area contributed by atoms with Crippen molar-refractivity contribution in [3.05, 3.63) is 60.6 Å². The first-order valence-corrected chi connectivity index (χ1v) is 11.1. The lowest BCUT2D eigenvalue weighted by Gasteiger charge is -2.37. The van der Waals surface area contributed by atoms with Crippen molar-refractivity contribution >= 4 is 28.4 Å². The third kappa shape index (κ3) is 3.81. The summed E-state index contributed by atoms with van der Waals surface area (Å²) >= 11 is 0. The third-order valence-electron chi connectivity index (χ3n) is 6.76. The highest BCUT2D eigenvalue weighted by molar-refractivity contribution is 5.97. The van der Waals surface area contributed by atoms with E-state index in [9.17, 15) is 9.59 Å². The van der Waals surface area contributed by atoms with Gasteiger partial charge in [-0.1, -0.05) is 6.07 Å². The van der Waals surface area contributed by atoms with E-state index < -0.39 is 0 Å². The minimum Gasteiger partial charge on any atom is -0.371 e. The quantitative estimate of drug-likeness (QED) is 0.640. The SMILES string of the molecule is O=C(N[N+]1(C(=O)C2CCN(c3ccncc3)CC2)CCCC1)c1ccc2cc[nH]c2c1. The molecule has 3 aromatic rings. The average molecular weight is 419 g/mol. The van der Waals surface area contributed by atoms with E-state index in [1.54, 1.807) is 12.4 Å². The van der Waals surface area contributed by atoms with Crippen LogP contribution in [0.3, 0.4) is 0 Å². The molecule has 160 valence electrons. The van der Waals surface area contributed by atoms with Gasteiger partial charge in [-0.15, -0.1) is 0 Å². The van der Waals surface area contributed by atoms with Crippen molar-refractivity contribution in [3.63, 3.8) is 0 Å². The number of quaternary nitrogens is 1. The van der Waals surface area contributed by atoms with Crippen molar-refractivity contribution < 1.29 is 14.2 Å². The average Bonchev–Trinajstić information content (AvgIpc) is 3.49. The number of aromatic amines is 1. The minimum absolute atomic E-state index is 0.0256. The van der Waals surface area contributed by atoms with Gasteiger partial charge in [-0.25, -0.2) is 4.79 Å². The first-order chi connectivity index (χ1) is 15.1. The maximum Gasteiger partial charge on any atom is 0.341 e. The van der Waals surface area contributed by atoms with Crippen LogP contribution in [0, 0.1) is 5.92 Å². The molecule has 1 aromatic carbocycles. The number of hydrogen-bond acceptors (Lipinski definition) is 4. The second-order valence-corrected chi connectivity index (χ2v) is 8.65. The summed E-state index contributed by atoms with van der Waals surface area (Å²) in [4.78, 5) is 36.3. The second kappa shape index (κ2) is 8.15. The Morgan fingerprint density at radius 3 is 2.52 bits per heavy atom. The smallest absolute Gasteiger partial charge is 0.341 e. The molecule has 0 bridgehead atoms. The number of anilines is 1. The van der Waals surface area contributed by atoms with Crippen LogP contribution in [-0.2, 0) is 4.79 Å². The lowest BCUT2D eigenvalue weighted by Crippen LogP contribution is -2.64. The molecule has 2 aromatic heterocycles. The summed E-state index contributed by atoms with van der Waals surface area (Å²) in [7, 11) is 0. The number of carbonyl (C=O) groups excluding carboxylic acids is 2. The van der Waals surface area contributed by atoms with Gasteiger partial charge in [0.05, 0.1) is 5.92 Å². The first kappa shape index (κ1) is 19.8. The largest absolute Gasteiger partial charge is 0.371 e. The van der Waals surface area contributed by atoms with Crippen LogP contribution in [0.4, 0.5) is 5.69 Å². The molecule has 31 heavy (non-hydrogen) atoms. The number of H-pyrrole nitrogens is 1. The van der Waals surface area contributed by atoms with Gasteiger partial charge >= 0.3 is 5.91 Å². The number of benzene rings is 1. The minimum atomic E-state index is -0.180. The first-order valence-electron chi connectivity index (χ1n) is 11.1. The van der Waals surface area contributed by atoms with Crippen LogP contribution in [0.2, 0.25) is 0 Å². The van der Waals surface area contributed by atoms with Crippen molar-refractivity contribution in [2.75, 3.05) is 31.1 Å². The maximum atomic E-state index is 13.6. The van der Waals surface area contributed by atoms with Gasteiger partial charge in [-0.05, 0) is 48.6 Å². The topological polar surface area (TPSA) is 78.1 Å². The molecule has 0 radical (unpaired) electrons. The van der Waals surface area contributed by atoms with Crippen molar-refractivity contribution in [1.82, 2.24) is 15.4 Å².